The molecule has 0 saturated carbocycles. The largest absolute Gasteiger partial charge is 0.321 e. The number of allylic oxidation sites excluding steroid dienone is 1. The number of hydrazine groups is 1. The summed E-state index contributed by atoms with van der Waals surface area (Å²) < 4.78 is 0. The van der Waals surface area contributed by atoms with Crippen LogP contribution in [0, 0.1) is 0 Å². The summed E-state index contributed by atoms with van der Waals surface area (Å²) in [6.07, 6.45) is 0.538. The van der Waals surface area contributed by atoms with Gasteiger partial charge in [-0.2, -0.15) is 5.10 Å². The number of hydrazone groups is 1. The average Bonchev–Trinajstić information content (AvgIpc) is 3.21. The summed E-state index contributed by atoms with van der Waals surface area (Å²) in [5.41, 5.74) is 5.32. The molecule has 21 heavy (non-hydrogen) atoms. The molecule has 7 heteroatoms. The lowest BCUT2D eigenvalue weighted by Crippen LogP contribution is -2.30. The fourth-order valence-corrected chi connectivity index (χ4v) is 2.35. The van der Waals surface area contributed by atoms with Crippen molar-refractivity contribution in [3.63, 3.8) is 0 Å². The van der Waals surface area contributed by atoms with Crippen molar-refractivity contribution in [3.8, 4) is 0 Å². The number of Topliss-reactive ketones (excluding diaryl/α,β-unsaturated/α-hetero) is 1. The van der Waals surface area contributed by atoms with Crippen molar-refractivity contribution < 1.29 is 4.79 Å². The van der Waals surface area contributed by atoms with E-state index in [0.717, 1.165) is 17.7 Å². The Morgan fingerprint density at radius 1 is 1.43 bits per heavy atom. The number of halogens is 1. The highest BCUT2D eigenvalue weighted by Crippen LogP contribution is 2.34. The molecule has 0 aromatic heterocycles. The molecule has 1 aromatic carbocycles. The molecule has 0 fully saturated rings. The van der Waals surface area contributed by atoms with Gasteiger partial charge < -0.3 is 16.2 Å². The number of amidine groups is 1. The van der Waals surface area contributed by atoms with Crippen LogP contribution in [0.2, 0.25) is 5.02 Å². The number of rotatable bonds is 5. The Morgan fingerprint density at radius 3 is 2.67 bits per heavy atom. The second-order valence-electron chi connectivity index (χ2n) is 5.13. The predicted octanol–water partition coefficient (Wildman–Crippen LogP) is 1.02. The first-order valence-corrected chi connectivity index (χ1v) is 6.80. The molecule has 0 heterocycles. The maximum Gasteiger partial charge on any atom is 0.189 e. The monoisotopic (exact) mass is 307 g/mol. The maximum atomic E-state index is 12.3. The van der Waals surface area contributed by atoms with E-state index in [9.17, 15) is 4.79 Å². The van der Waals surface area contributed by atoms with Crippen LogP contribution in [0.5, 0.6) is 0 Å². The number of nitrogens with two attached hydrogens (primary N) is 2. The fraction of sp³-hybridized carbons (Fsp3) is 0.286. The molecular weight excluding hydrogens is 290 g/mol. The van der Waals surface area contributed by atoms with Gasteiger partial charge in [-0.1, -0.05) is 23.7 Å². The van der Waals surface area contributed by atoms with Crippen molar-refractivity contribution in [2.75, 3.05) is 14.1 Å². The normalized spacial score (nSPS) is 14.6. The molecule has 0 atom stereocenters. The van der Waals surface area contributed by atoms with Gasteiger partial charge in [0.15, 0.2) is 11.6 Å². The van der Waals surface area contributed by atoms with E-state index < -0.39 is 0 Å². The second-order valence-corrected chi connectivity index (χ2v) is 5.54. The Bertz CT molecular complexity index is 636. The van der Waals surface area contributed by atoms with Crippen LogP contribution < -0.4 is 17.1 Å². The van der Waals surface area contributed by atoms with Crippen molar-refractivity contribution in [1.29, 1.82) is 0 Å². The Labute approximate surface area is 128 Å². The molecule has 0 unspecified atom stereocenters. The second kappa shape index (κ2) is 6.26. The SMILES string of the molecule is CN(C)Cc1ccc(C(=O)C2=C(/C(=N\N)NN)C2)cc1Cl. The number of nitrogens with zero attached hydrogens (tertiary/aromatic N) is 2. The Balaban J connectivity index is 2.21. The van der Waals surface area contributed by atoms with E-state index in [1.165, 1.54) is 0 Å². The lowest BCUT2D eigenvalue weighted by Gasteiger charge is -2.11. The number of nitrogens with one attached hydrogen (secondary N) is 1. The van der Waals surface area contributed by atoms with Crippen molar-refractivity contribution in [2.24, 2.45) is 16.8 Å². The van der Waals surface area contributed by atoms with E-state index in [2.05, 4.69) is 10.5 Å². The minimum atomic E-state index is -0.0697. The van der Waals surface area contributed by atoms with E-state index in [4.69, 9.17) is 23.3 Å². The summed E-state index contributed by atoms with van der Waals surface area (Å²) in [7, 11) is 3.92. The van der Waals surface area contributed by atoms with Gasteiger partial charge in [0.1, 0.15) is 0 Å². The third-order valence-electron chi connectivity index (χ3n) is 3.22. The molecule has 1 aliphatic carbocycles. The first-order chi connectivity index (χ1) is 9.97. The minimum absolute atomic E-state index is 0.0697. The van der Waals surface area contributed by atoms with Crippen LogP contribution in [0.25, 0.3) is 0 Å². The third kappa shape index (κ3) is 3.41. The molecule has 0 amide bonds. The number of hydrogen-bond donors (Lipinski definition) is 3. The van der Waals surface area contributed by atoms with Crippen LogP contribution in [0.1, 0.15) is 22.3 Å². The Hall–Kier alpha value is -1.89. The van der Waals surface area contributed by atoms with E-state index in [1.54, 1.807) is 12.1 Å². The van der Waals surface area contributed by atoms with Crippen molar-refractivity contribution in [1.82, 2.24) is 10.3 Å². The summed E-state index contributed by atoms with van der Waals surface area (Å²) in [4.78, 5) is 14.4. The Morgan fingerprint density at radius 2 is 2.14 bits per heavy atom. The number of hydrogen-bond acceptors (Lipinski definition) is 5. The molecule has 6 nitrogen and oxygen atoms in total. The fourth-order valence-electron chi connectivity index (χ4n) is 2.11. The first-order valence-electron chi connectivity index (χ1n) is 6.42. The number of carbonyl (C=O) groups excluding carboxylic acids is 1. The number of ketones is 1. The molecule has 0 bridgehead atoms. The van der Waals surface area contributed by atoms with Crippen LogP contribution in [0.4, 0.5) is 0 Å². The van der Waals surface area contributed by atoms with Gasteiger partial charge in [-0.3, -0.25) is 4.79 Å². The molecule has 1 aliphatic rings. The standard InChI is InChI=1S/C14H18ClN5O/c1-20(2)7-9-4-3-8(5-12(9)15)13(21)10-6-11(10)14(18-16)19-17/h3-5H,6-7,16-17H2,1-2H3,(H,18,19). The van der Waals surface area contributed by atoms with Crippen molar-refractivity contribution in [3.05, 3.63) is 45.5 Å². The molecule has 1 aromatic rings. The molecule has 0 saturated heterocycles. The van der Waals surface area contributed by atoms with Gasteiger partial charge in [-0.15, -0.1) is 0 Å². The van der Waals surface area contributed by atoms with Gasteiger partial charge in [0.25, 0.3) is 0 Å². The molecule has 5 N–H and O–H groups in total. The summed E-state index contributed by atoms with van der Waals surface area (Å²) in [6, 6.07) is 5.35. The van der Waals surface area contributed by atoms with Crippen LogP contribution in [0.3, 0.4) is 0 Å². The lowest BCUT2D eigenvalue weighted by molar-refractivity contribution is 0.103. The molecule has 112 valence electrons. The summed E-state index contributed by atoms with van der Waals surface area (Å²) in [5, 5.41) is 4.08. The van der Waals surface area contributed by atoms with Crippen LogP contribution in [-0.2, 0) is 6.54 Å². The van der Waals surface area contributed by atoms with E-state index in [-0.39, 0.29) is 5.78 Å². The zero-order valence-corrected chi connectivity index (χ0v) is 12.7. The molecule has 0 radical (unpaired) electrons. The van der Waals surface area contributed by atoms with Gasteiger partial charge in [0.05, 0.1) is 0 Å². The number of carbonyl (C=O) groups is 1. The van der Waals surface area contributed by atoms with E-state index in [0.29, 0.717) is 28.4 Å². The zero-order valence-electron chi connectivity index (χ0n) is 12.0. The van der Waals surface area contributed by atoms with Crippen molar-refractivity contribution in [2.45, 2.75) is 13.0 Å². The van der Waals surface area contributed by atoms with Crippen molar-refractivity contribution >= 4 is 23.2 Å². The molecule has 0 aliphatic heterocycles. The highest BCUT2D eigenvalue weighted by atomic mass is 35.5. The maximum absolute atomic E-state index is 12.3. The van der Waals surface area contributed by atoms with Gasteiger partial charge in [0.2, 0.25) is 0 Å². The predicted molar refractivity (Wildman–Crippen MR) is 83.8 cm³/mol. The lowest BCUT2D eigenvalue weighted by atomic mass is 10.1. The minimum Gasteiger partial charge on any atom is -0.321 e. The summed E-state index contributed by atoms with van der Waals surface area (Å²) in [5.74, 6) is 10.7. The third-order valence-corrected chi connectivity index (χ3v) is 3.57. The highest BCUT2D eigenvalue weighted by molar-refractivity contribution is 6.32. The van der Waals surface area contributed by atoms with Crippen LogP contribution >= 0.6 is 11.6 Å². The smallest absolute Gasteiger partial charge is 0.189 e. The van der Waals surface area contributed by atoms with Crippen LogP contribution in [0.15, 0.2) is 34.4 Å². The van der Waals surface area contributed by atoms with Gasteiger partial charge in [-0.05, 0) is 25.7 Å². The van der Waals surface area contributed by atoms with E-state index in [1.807, 2.05) is 25.1 Å². The van der Waals surface area contributed by atoms with Gasteiger partial charge in [0, 0.05) is 34.7 Å². The topological polar surface area (TPSA) is 96.7 Å². The Kier molecular flexibility index (Phi) is 4.62. The van der Waals surface area contributed by atoms with Crippen LogP contribution in [-0.4, -0.2) is 30.6 Å². The quantitative estimate of drug-likeness (QED) is 0.248. The average molecular weight is 308 g/mol. The van der Waals surface area contributed by atoms with Gasteiger partial charge >= 0.3 is 0 Å². The molecular formula is C14H18ClN5O. The van der Waals surface area contributed by atoms with Gasteiger partial charge in [-0.25, -0.2) is 5.84 Å². The zero-order chi connectivity index (χ0) is 15.6. The molecule has 2 rings (SSSR count). The molecule has 0 spiro atoms. The highest BCUT2D eigenvalue weighted by Gasteiger charge is 2.32. The number of benzene rings is 1. The van der Waals surface area contributed by atoms with E-state index >= 15 is 0 Å². The first kappa shape index (κ1) is 15.5. The summed E-state index contributed by atoms with van der Waals surface area (Å²) >= 11 is 6.23. The summed E-state index contributed by atoms with van der Waals surface area (Å²) in [6.45, 7) is 0.725.